The maximum Gasteiger partial charge on any atom is 0.407 e. The van der Waals surface area contributed by atoms with E-state index in [-0.39, 0.29) is 116 Å². The van der Waals surface area contributed by atoms with Crippen LogP contribution in [0.25, 0.3) is 0 Å². The summed E-state index contributed by atoms with van der Waals surface area (Å²) < 4.78 is 74.3. The van der Waals surface area contributed by atoms with E-state index in [9.17, 15) is 46.8 Å². The summed E-state index contributed by atoms with van der Waals surface area (Å²) in [5.74, 6) is -3.64. The van der Waals surface area contributed by atoms with E-state index in [1.807, 2.05) is 45.0 Å². The lowest BCUT2D eigenvalue weighted by Crippen LogP contribution is -2.50. The first-order chi connectivity index (χ1) is 54.8. The SMILES string of the molecule is CC(C)(C)OC(=O)N[C@H]1CCCC[C@H]1Nc1nc(Cl)c(C#N)cc1F.Cc1cncc(Nc2nc(N[C@@H]3CCCC[C@@H]3N)c(F)cc2C(N)=O)c1.Cc1cncc(Nc2nc(N[C@@H]3CCCC[C@@H]3NC(=O)OC(C)(C)C)c(F)cc2C#N)c1.Cc1cncc(Nc2nc(N[C@@H]3CCCC[C@@H]3NC(=O)OC(C)(C)C)c(F)cc2C(N)=O)c1. The number of alkyl carbamates (subject to hydrolysis) is 3. The van der Waals surface area contributed by atoms with Crippen molar-refractivity contribution in [3.8, 4) is 12.1 Å². The summed E-state index contributed by atoms with van der Waals surface area (Å²) in [7, 11) is 0. The Bertz CT molecular complexity index is 4690. The van der Waals surface area contributed by atoms with Crippen LogP contribution in [0.4, 0.5) is 89.7 Å². The van der Waals surface area contributed by atoms with Crippen LogP contribution in [-0.2, 0) is 14.2 Å². The number of nitrogens with zero attached hydrogens (tertiary/aromatic N) is 9. The van der Waals surface area contributed by atoms with Gasteiger partial charge in [0, 0.05) is 48.8 Å². The highest BCUT2D eigenvalue weighted by Gasteiger charge is 2.34. The zero-order valence-electron chi connectivity index (χ0n) is 67.4. The van der Waals surface area contributed by atoms with Crippen LogP contribution in [0.15, 0.2) is 79.6 Å². The van der Waals surface area contributed by atoms with Gasteiger partial charge >= 0.3 is 18.3 Å². The molecule has 35 heteroatoms. The van der Waals surface area contributed by atoms with Gasteiger partial charge in [0.25, 0.3) is 11.8 Å². The monoisotopic (exact) mass is 1620 g/mol. The van der Waals surface area contributed by atoms with Crippen molar-refractivity contribution >= 4 is 99.5 Å². The molecule has 7 heterocycles. The number of nitrogens with one attached hydrogen (secondary N) is 10. The molecule has 16 N–H and O–H groups in total. The number of hydrogen-bond acceptors (Lipinski definition) is 25. The van der Waals surface area contributed by atoms with E-state index in [4.69, 9.17) is 48.3 Å². The van der Waals surface area contributed by atoms with Crippen molar-refractivity contribution in [1.29, 1.82) is 10.5 Å². The molecule has 0 bridgehead atoms. The summed E-state index contributed by atoms with van der Waals surface area (Å²) in [5.41, 5.74) is 19.7. The number of nitriles is 2. The molecule has 0 spiro atoms. The Kier molecular flexibility index (Phi) is 31.8. The standard InChI is InChI=1S/C23H31FN6O3.C23H29FN6O2.C18H23FN6O.C17H22ClFN4O2/c1-13-9-14(12-26-11-13)27-20-15(19(25)31)10-16(24)21(30-20)28-17-7-5-6-8-18(17)29-22(32)33-23(2,3)4;1-14-9-16(13-26-12-14)27-20-15(11-25)10-17(24)21(30-20)28-18-7-5-6-8-19(18)29-22(31)32-23(2,3)4;1-10-6-11(9-22-8-10)23-17-12(16(21)26)7-13(19)18(25-17)24-15-5-3-2-4-14(15)20;1-17(2,3)25-16(24)22-13-7-5-4-6-12(13)21-15-11(19)8-10(9-20)14(18)23-15/h9-12,17-18H,5-8H2,1-4H3,(H2,25,31)(H,29,32)(H2,27,28,30);9-10,12-13,18-19H,5-8H2,1-4H3,(H,29,31)(H2,27,28,30);6-9,14-15H,2-5,20H2,1H3,(H2,21,26)(H2,23,24,25);8,12-13H,4-7H2,1-3H3,(H,21,23)(H,22,24)/t17-,18+;18-,19+;14-,15+;12-,13+/m1101/s1. The average Bonchev–Trinajstić information content (AvgIpc) is 0.813. The van der Waals surface area contributed by atoms with Crippen molar-refractivity contribution in [3.05, 3.63) is 147 Å². The number of aryl methyl sites for hydroxylation is 3. The fraction of sp³-hybridized carbons (Fsp3) is 0.481. The second-order valence-electron chi connectivity index (χ2n) is 31.9. The van der Waals surface area contributed by atoms with Crippen molar-refractivity contribution in [3.63, 3.8) is 0 Å². The van der Waals surface area contributed by atoms with E-state index in [2.05, 4.69) is 88.1 Å². The molecule has 0 saturated heterocycles. The number of hydrogen-bond donors (Lipinski definition) is 13. The molecule has 7 aromatic heterocycles. The third-order valence-electron chi connectivity index (χ3n) is 18.6. The number of ether oxygens (including phenoxy) is 3. The molecular formula is C81H105ClF4N22O8. The number of nitrogens with two attached hydrogens (primary N) is 3. The number of pyridine rings is 7. The first-order valence-corrected chi connectivity index (χ1v) is 38.9. The van der Waals surface area contributed by atoms with E-state index >= 15 is 0 Å². The summed E-state index contributed by atoms with van der Waals surface area (Å²) in [6.07, 6.45) is 22.3. The van der Waals surface area contributed by atoms with Gasteiger partial charge in [0.15, 0.2) is 52.4 Å². The first kappa shape index (κ1) is 89.9. The minimum Gasteiger partial charge on any atom is -0.444 e. The van der Waals surface area contributed by atoms with E-state index in [0.29, 0.717) is 23.5 Å². The highest BCUT2D eigenvalue weighted by molar-refractivity contribution is 6.30. The zero-order chi connectivity index (χ0) is 84.8. The van der Waals surface area contributed by atoms with Gasteiger partial charge in [-0.1, -0.05) is 63.0 Å². The Hall–Kier alpha value is -11.7. The van der Waals surface area contributed by atoms with Crippen molar-refractivity contribution in [2.75, 3.05) is 37.2 Å². The van der Waals surface area contributed by atoms with Crippen molar-refractivity contribution < 1.29 is 55.7 Å². The summed E-state index contributed by atoms with van der Waals surface area (Å²) in [4.78, 5) is 89.3. The quantitative estimate of drug-likeness (QED) is 0.0203. The topological polar surface area (TPSA) is 449 Å². The van der Waals surface area contributed by atoms with Gasteiger partial charge < -0.3 is 84.6 Å². The third kappa shape index (κ3) is 28.1. The van der Waals surface area contributed by atoms with Gasteiger partial charge in [0.05, 0.1) is 76.0 Å². The molecule has 0 radical (unpaired) electrons. The molecule has 11 rings (SSSR count). The Morgan fingerprint density at radius 1 is 0.405 bits per heavy atom. The molecular weight excluding hydrogens is 1520 g/mol. The predicted octanol–water partition coefficient (Wildman–Crippen LogP) is 15.2. The first-order valence-electron chi connectivity index (χ1n) is 38.5. The molecule has 0 unspecified atom stereocenters. The van der Waals surface area contributed by atoms with E-state index < -0.39 is 70.2 Å². The minimum absolute atomic E-state index is 0.0169. The largest absolute Gasteiger partial charge is 0.444 e. The molecule has 4 aliphatic rings. The summed E-state index contributed by atoms with van der Waals surface area (Å²) >= 11 is 5.88. The summed E-state index contributed by atoms with van der Waals surface area (Å²) in [5, 5.41) is 48.2. The number of aromatic nitrogens is 7. The van der Waals surface area contributed by atoms with E-state index in [0.717, 1.165) is 137 Å². The Morgan fingerprint density at radius 3 is 1.01 bits per heavy atom. The molecule has 0 aromatic carbocycles. The zero-order valence-corrected chi connectivity index (χ0v) is 68.1. The number of carbonyl (C=O) groups is 5. The average molecular weight is 1630 g/mol. The van der Waals surface area contributed by atoms with E-state index in [1.54, 1.807) is 106 Å². The molecule has 116 heavy (non-hydrogen) atoms. The summed E-state index contributed by atoms with van der Waals surface area (Å²) in [6, 6.07) is 12.1. The second kappa shape index (κ2) is 41.1. The molecule has 30 nitrogen and oxygen atoms in total. The van der Waals surface area contributed by atoms with Crippen LogP contribution in [-0.4, -0.2) is 130 Å². The normalized spacial score (nSPS) is 19.1. The molecule has 4 aliphatic carbocycles. The lowest BCUT2D eigenvalue weighted by atomic mass is 9.90. The van der Waals surface area contributed by atoms with Crippen LogP contribution < -0.4 is 70.4 Å². The molecule has 0 aliphatic heterocycles. The number of primary amides is 2. The summed E-state index contributed by atoms with van der Waals surface area (Å²) in [6.45, 7) is 21.8. The van der Waals surface area contributed by atoms with Crippen LogP contribution in [0.2, 0.25) is 5.15 Å². The van der Waals surface area contributed by atoms with Crippen LogP contribution in [0.5, 0.6) is 0 Å². The molecule has 5 amide bonds. The van der Waals surface area contributed by atoms with Crippen LogP contribution in [0.3, 0.4) is 0 Å². The van der Waals surface area contributed by atoms with Gasteiger partial charge in [-0.25, -0.2) is 51.9 Å². The Balaban J connectivity index is 0.000000195. The molecule has 4 fully saturated rings. The number of halogens is 5. The van der Waals surface area contributed by atoms with Crippen molar-refractivity contribution in [2.45, 2.75) is 251 Å². The second-order valence-corrected chi connectivity index (χ2v) is 32.3. The molecule has 8 atom stereocenters. The molecule has 4 saturated carbocycles. The van der Waals surface area contributed by atoms with Crippen LogP contribution in [0.1, 0.15) is 214 Å². The highest BCUT2D eigenvalue weighted by atomic mass is 35.5. The van der Waals surface area contributed by atoms with Crippen molar-refractivity contribution in [1.82, 2.24) is 50.8 Å². The number of carbonyl (C=O) groups excluding carboxylic acids is 5. The fourth-order valence-electron chi connectivity index (χ4n) is 13.3. The molecule has 622 valence electrons. The predicted molar refractivity (Wildman–Crippen MR) is 436 cm³/mol. The van der Waals surface area contributed by atoms with Gasteiger partial charge in [-0.05, 0) is 194 Å². The fourth-order valence-corrected chi connectivity index (χ4v) is 13.5. The van der Waals surface area contributed by atoms with E-state index in [1.165, 1.54) is 0 Å². The van der Waals surface area contributed by atoms with Gasteiger partial charge in [0.2, 0.25) is 0 Å². The van der Waals surface area contributed by atoms with Gasteiger partial charge in [-0.15, -0.1) is 0 Å². The van der Waals surface area contributed by atoms with Gasteiger partial charge in [-0.2, -0.15) is 10.5 Å². The number of rotatable bonds is 19. The third-order valence-corrected chi connectivity index (χ3v) is 18.8. The smallest absolute Gasteiger partial charge is 0.407 e. The maximum atomic E-state index is 14.9. The van der Waals surface area contributed by atoms with Crippen molar-refractivity contribution in [2.24, 2.45) is 17.2 Å². The minimum atomic E-state index is -0.807. The number of amides is 5. The number of anilines is 10. The highest BCUT2D eigenvalue weighted by Crippen LogP contribution is 2.33. The molecule has 7 aromatic rings. The van der Waals surface area contributed by atoms with Gasteiger partial charge in [0.1, 0.15) is 45.7 Å². The van der Waals surface area contributed by atoms with Crippen LogP contribution >= 0.6 is 11.6 Å². The Labute approximate surface area is 678 Å². The Morgan fingerprint density at radius 2 is 0.690 bits per heavy atom. The van der Waals surface area contributed by atoms with Gasteiger partial charge in [-0.3, -0.25) is 24.5 Å². The maximum absolute atomic E-state index is 14.9. The lowest BCUT2D eigenvalue weighted by molar-refractivity contribution is 0.0477. The lowest BCUT2D eigenvalue weighted by Gasteiger charge is -2.34. The van der Waals surface area contributed by atoms with Crippen LogP contribution in [0, 0.1) is 66.7 Å².